The van der Waals surface area contributed by atoms with Crippen LogP contribution in [0.4, 0.5) is 0 Å². The molecule has 0 aliphatic carbocycles. The predicted molar refractivity (Wildman–Crippen MR) is 94.2 cm³/mol. The van der Waals surface area contributed by atoms with Gasteiger partial charge in [0.25, 0.3) is 10.0 Å². The lowest BCUT2D eigenvalue weighted by molar-refractivity contribution is 0.440. The minimum absolute atomic E-state index is 0.338. The van der Waals surface area contributed by atoms with Crippen LogP contribution in [0.15, 0.2) is 21.7 Å². The van der Waals surface area contributed by atoms with E-state index in [0.29, 0.717) is 10.1 Å². The van der Waals surface area contributed by atoms with Gasteiger partial charge in [-0.05, 0) is 38.3 Å². The van der Waals surface area contributed by atoms with E-state index in [-0.39, 0.29) is 0 Å². The molecule has 0 aromatic carbocycles. The highest BCUT2D eigenvalue weighted by Gasteiger charge is 2.26. The van der Waals surface area contributed by atoms with Crippen LogP contribution in [0, 0.1) is 0 Å². The molecule has 0 unspecified atom stereocenters. The van der Waals surface area contributed by atoms with Crippen LogP contribution < -0.4 is 4.72 Å². The number of nitrogens with one attached hydrogen (secondary N) is 1. The molecule has 0 saturated carbocycles. The molecule has 2 heterocycles. The highest BCUT2D eigenvalue weighted by atomic mass is 32.2. The topological polar surface area (TPSA) is 59.1 Å². The summed E-state index contributed by atoms with van der Waals surface area (Å²) < 4.78 is 28.0. The normalized spacial score (nSPS) is 13.0. The minimum atomic E-state index is -3.48. The van der Waals surface area contributed by atoms with Crippen molar-refractivity contribution in [3.63, 3.8) is 0 Å². The van der Waals surface area contributed by atoms with E-state index in [4.69, 9.17) is 0 Å². The van der Waals surface area contributed by atoms with E-state index in [9.17, 15) is 8.42 Å². The summed E-state index contributed by atoms with van der Waals surface area (Å²) >= 11 is 2.82. The van der Waals surface area contributed by atoms with Crippen molar-refractivity contribution in [2.75, 3.05) is 0 Å². The number of thiazole rings is 1. The van der Waals surface area contributed by atoms with E-state index in [1.165, 1.54) is 11.3 Å². The van der Waals surface area contributed by atoms with Gasteiger partial charge >= 0.3 is 0 Å². The molecule has 0 aliphatic heterocycles. The van der Waals surface area contributed by atoms with Crippen molar-refractivity contribution >= 4 is 32.7 Å². The Labute approximate surface area is 140 Å². The van der Waals surface area contributed by atoms with E-state index >= 15 is 0 Å². The molecule has 0 spiro atoms. The summed E-state index contributed by atoms with van der Waals surface area (Å²) in [4.78, 5) is 5.47. The molecule has 1 N–H and O–H groups in total. The van der Waals surface area contributed by atoms with Gasteiger partial charge in [0, 0.05) is 10.9 Å². The summed E-state index contributed by atoms with van der Waals surface area (Å²) in [5, 5.41) is 2.91. The van der Waals surface area contributed by atoms with Crippen molar-refractivity contribution in [3.05, 3.63) is 23.2 Å². The number of sulfonamides is 1. The van der Waals surface area contributed by atoms with Crippen molar-refractivity contribution in [2.24, 2.45) is 0 Å². The van der Waals surface area contributed by atoms with Crippen molar-refractivity contribution in [1.29, 1.82) is 0 Å². The molecule has 7 heteroatoms. The van der Waals surface area contributed by atoms with Gasteiger partial charge in [0.05, 0.1) is 10.6 Å². The van der Waals surface area contributed by atoms with Gasteiger partial charge in [-0.2, -0.15) is 0 Å². The summed E-state index contributed by atoms with van der Waals surface area (Å²) in [5.41, 5.74) is 0.595. The highest BCUT2D eigenvalue weighted by molar-refractivity contribution is 7.91. The Bertz CT molecular complexity index is 742. The molecule has 0 amide bonds. The molecule has 0 aliphatic rings. The van der Waals surface area contributed by atoms with Gasteiger partial charge in [0.2, 0.25) is 0 Å². The molecule has 2 aromatic rings. The van der Waals surface area contributed by atoms with E-state index in [2.05, 4.69) is 23.6 Å². The molecule has 22 heavy (non-hydrogen) atoms. The average molecular weight is 359 g/mol. The molecular weight excluding hydrogens is 336 g/mol. The second-order valence-corrected chi connectivity index (χ2v) is 10.0. The molecule has 0 fully saturated rings. The van der Waals surface area contributed by atoms with Crippen molar-refractivity contribution in [2.45, 2.75) is 56.7 Å². The maximum atomic E-state index is 12.4. The van der Waals surface area contributed by atoms with E-state index in [0.717, 1.165) is 22.0 Å². The summed E-state index contributed by atoms with van der Waals surface area (Å²) in [5.74, 6) is 0.375. The van der Waals surface area contributed by atoms with Crippen LogP contribution >= 0.6 is 22.7 Å². The third kappa shape index (κ3) is 3.95. The maximum absolute atomic E-state index is 12.4. The third-order valence-electron chi connectivity index (χ3n) is 3.47. The lowest BCUT2D eigenvalue weighted by Gasteiger charge is -2.23. The van der Waals surface area contributed by atoms with Crippen LogP contribution in [0.2, 0.25) is 0 Å². The van der Waals surface area contributed by atoms with Gasteiger partial charge in [0.1, 0.15) is 9.22 Å². The smallest absolute Gasteiger partial charge is 0.240 e. The number of hydrogen-bond donors (Lipinski definition) is 1. The summed E-state index contributed by atoms with van der Waals surface area (Å²) in [6.07, 6.45) is 0.731. The monoisotopic (exact) mass is 358 g/mol. The molecule has 2 aromatic heterocycles. The van der Waals surface area contributed by atoms with Gasteiger partial charge in [-0.15, -0.1) is 22.7 Å². The summed E-state index contributed by atoms with van der Waals surface area (Å²) in [6.45, 7) is 9.93. The van der Waals surface area contributed by atoms with Crippen molar-refractivity contribution < 1.29 is 8.42 Å². The van der Waals surface area contributed by atoms with Crippen molar-refractivity contribution in [3.8, 4) is 9.88 Å². The fourth-order valence-corrected chi connectivity index (χ4v) is 5.57. The van der Waals surface area contributed by atoms with Gasteiger partial charge < -0.3 is 0 Å². The fraction of sp³-hybridized carbons (Fsp3) is 0.533. The first-order valence-corrected chi connectivity index (χ1v) is 10.4. The molecule has 122 valence electrons. The Morgan fingerprint density at radius 2 is 2.00 bits per heavy atom. The second-order valence-electron chi connectivity index (χ2n) is 6.19. The van der Waals surface area contributed by atoms with E-state index in [1.807, 2.05) is 32.2 Å². The van der Waals surface area contributed by atoms with E-state index in [1.54, 1.807) is 17.4 Å². The Balaban J connectivity index is 2.27. The second kappa shape index (κ2) is 6.39. The van der Waals surface area contributed by atoms with Crippen LogP contribution in [-0.4, -0.2) is 18.9 Å². The highest BCUT2D eigenvalue weighted by Crippen LogP contribution is 2.34. The SMILES string of the molecule is CCC(C)(C)NS(=O)(=O)c1ccc(-c2nc(C(C)C)cs2)s1. The molecule has 0 bridgehead atoms. The molecule has 0 radical (unpaired) electrons. The zero-order valence-electron chi connectivity index (χ0n) is 13.5. The lowest BCUT2D eigenvalue weighted by Crippen LogP contribution is -2.42. The zero-order chi connectivity index (χ0) is 16.5. The Hall–Kier alpha value is -0.760. The maximum Gasteiger partial charge on any atom is 0.250 e. The number of aromatic nitrogens is 1. The third-order valence-corrected chi connectivity index (χ3v) is 7.77. The quantitative estimate of drug-likeness (QED) is 0.829. The number of hydrogen-bond acceptors (Lipinski definition) is 5. The molecule has 2 rings (SSSR count). The number of nitrogens with zero attached hydrogens (tertiary/aromatic N) is 1. The standard InChI is InChI=1S/C15H22N2O2S3/c1-6-15(4,5)17-22(18,19)13-8-7-12(21-13)14-16-11(9-20-14)10(2)3/h7-10,17H,6H2,1-5H3. The van der Waals surface area contributed by atoms with E-state index < -0.39 is 15.6 Å². The summed E-state index contributed by atoms with van der Waals surface area (Å²) in [6, 6.07) is 3.49. The van der Waals surface area contributed by atoms with Gasteiger partial charge in [0.15, 0.2) is 0 Å². The Morgan fingerprint density at radius 3 is 2.55 bits per heavy atom. The van der Waals surface area contributed by atoms with Gasteiger partial charge in [-0.25, -0.2) is 18.1 Å². The molecule has 0 atom stereocenters. The van der Waals surface area contributed by atoms with Crippen LogP contribution in [0.25, 0.3) is 9.88 Å². The first-order chi connectivity index (χ1) is 10.1. The fourth-order valence-electron chi connectivity index (χ4n) is 1.73. The van der Waals surface area contributed by atoms with Crippen LogP contribution in [-0.2, 0) is 10.0 Å². The lowest BCUT2D eigenvalue weighted by atomic mass is 10.0. The largest absolute Gasteiger partial charge is 0.250 e. The van der Waals surface area contributed by atoms with Gasteiger partial charge in [-0.3, -0.25) is 0 Å². The zero-order valence-corrected chi connectivity index (χ0v) is 16.0. The molecule has 4 nitrogen and oxygen atoms in total. The van der Waals surface area contributed by atoms with Gasteiger partial charge in [-0.1, -0.05) is 20.8 Å². The average Bonchev–Trinajstić information content (AvgIpc) is 3.06. The Kier molecular flexibility index (Phi) is 5.11. The van der Waals surface area contributed by atoms with Crippen LogP contribution in [0.1, 0.15) is 52.7 Å². The van der Waals surface area contributed by atoms with Crippen LogP contribution in [0.3, 0.4) is 0 Å². The Morgan fingerprint density at radius 1 is 1.32 bits per heavy atom. The van der Waals surface area contributed by atoms with Crippen LogP contribution in [0.5, 0.6) is 0 Å². The molecule has 0 saturated heterocycles. The number of thiophene rings is 1. The first-order valence-electron chi connectivity index (χ1n) is 7.24. The number of rotatable bonds is 6. The first kappa shape index (κ1) is 17.6. The predicted octanol–water partition coefficient (Wildman–Crippen LogP) is 4.46. The minimum Gasteiger partial charge on any atom is -0.240 e. The summed E-state index contributed by atoms with van der Waals surface area (Å²) in [7, 11) is -3.48. The van der Waals surface area contributed by atoms with Crippen molar-refractivity contribution in [1.82, 2.24) is 9.71 Å². The molecular formula is C15H22N2O2S3.